The Hall–Kier alpha value is -0.610. The average Bonchev–Trinajstić information content (AvgIpc) is 2.27. The van der Waals surface area contributed by atoms with Crippen LogP contribution in [-0.2, 0) is 4.79 Å². The summed E-state index contributed by atoms with van der Waals surface area (Å²) in [5, 5.41) is 3.17. The van der Waals surface area contributed by atoms with E-state index in [9.17, 15) is 4.79 Å². The van der Waals surface area contributed by atoms with Crippen LogP contribution >= 0.6 is 0 Å². The van der Waals surface area contributed by atoms with Gasteiger partial charge in [-0.1, -0.05) is 20.8 Å². The lowest BCUT2D eigenvalue weighted by molar-refractivity contribution is -0.126. The van der Waals surface area contributed by atoms with E-state index in [4.69, 9.17) is 5.73 Å². The van der Waals surface area contributed by atoms with E-state index >= 15 is 0 Å². The maximum atomic E-state index is 12.2. The molecule has 0 aromatic carbocycles. The lowest BCUT2D eigenvalue weighted by Crippen LogP contribution is -2.47. The molecule has 1 saturated heterocycles. The van der Waals surface area contributed by atoms with Gasteiger partial charge in [-0.05, 0) is 44.8 Å². The molecule has 1 rings (SSSR count). The smallest absolute Gasteiger partial charge is 0.224 e. The number of nitrogens with one attached hydrogen (secondary N) is 1. The van der Waals surface area contributed by atoms with E-state index in [-0.39, 0.29) is 17.2 Å². The zero-order valence-corrected chi connectivity index (χ0v) is 12.3. The van der Waals surface area contributed by atoms with Crippen LogP contribution in [0.3, 0.4) is 0 Å². The minimum atomic E-state index is -0.0512. The highest BCUT2D eigenvalue weighted by Gasteiger charge is 2.26. The summed E-state index contributed by atoms with van der Waals surface area (Å²) in [5.74, 6) is 0.0895. The van der Waals surface area contributed by atoms with Crippen LogP contribution in [0.2, 0.25) is 0 Å². The Balaban J connectivity index is 2.42. The zero-order chi connectivity index (χ0) is 13.8. The lowest BCUT2D eigenvalue weighted by Gasteiger charge is -2.31. The number of hydrogen-bond donors (Lipinski definition) is 2. The van der Waals surface area contributed by atoms with Crippen molar-refractivity contribution in [2.24, 2.45) is 17.1 Å². The number of hydrogen-bond acceptors (Lipinski definition) is 3. The molecule has 1 amide bonds. The van der Waals surface area contributed by atoms with E-state index in [1.54, 1.807) is 0 Å². The standard InChI is InChI=1S/C14H29N3O/c1-14(2,3)9-11(10-15)13(18)16-12-5-7-17(4)8-6-12/h11-12H,5-10,15H2,1-4H3,(H,16,18). The SMILES string of the molecule is CN1CCC(NC(=O)C(CN)CC(C)(C)C)CC1. The molecule has 1 heterocycles. The van der Waals surface area contributed by atoms with Crippen molar-refractivity contribution in [2.75, 3.05) is 26.7 Å². The molecule has 0 saturated carbocycles. The minimum Gasteiger partial charge on any atom is -0.353 e. The summed E-state index contributed by atoms with van der Waals surface area (Å²) in [6.45, 7) is 9.03. The van der Waals surface area contributed by atoms with Crippen LogP contribution in [0.25, 0.3) is 0 Å². The largest absolute Gasteiger partial charge is 0.353 e. The quantitative estimate of drug-likeness (QED) is 0.794. The fourth-order valence-corrected chi connectivity index (χ4v) is 2.49. The molecule has 1 aliphatic rings. The maximum absolute atomic E-state index is 12.2. The number of carbonyl (C=O) groups excluding carboxylic acids is 1. The molecule has 0 spiro atoms. The number of amides is 1. The topological polar surface area (TPSA) is 58.4 Å². The second-order valence-corrected chi connectivity index (χ2v) is 6.78. The first-order chi connectivity index (χ1) is 8.31. The predicted octanol–water partition coefficient (Wildman–Crippen LogP) is 1.21. The molecular weight excluding hydrogens is 226 g/mol. The molecule has 4 heteroatoms. The summed E-state index contributed by atoms with van der Waals surface area (Å²) >= 11 is 0. The van der Waals surface area contributed by atoms with Crippen molar-refractivity contribution >= 4 is 5.91 Å². The van der Waals surface area contributed by atoms with E-state index in [1.807, 2.05) is 0 Å². The van der Waals surface area contributed by atoms with Crippen LogP contribution < -0.4 is 11.1 Å². The van der Waals surface area contributed by atoms with E-state index in [2.05, 4.69) is 38.0 Å². The number of carbonyl (C=O) groups is 1. The fraction of sp³-hybridized carbons (Fsp3) is 0.929. The highest BCUT2D eigenvalue weighted by molar-refractivity contribution is 5.79. The van der Waals surface area contributed by atoms with Gasteiger partial charge in [0.1, 0.15) is 0 Å². The molecule has 0 aromatic rings. The molecule has 3 N–H and O–H groups in total. The van der Waals surface area contributed by atoms with Crippen molar-refractivity contribution in [3.8, 4) is 0 Å². The van der Waals surface area contributed by atoms with Crippen molar-refractivity contribution < 1.29 is 4.79 Å². The third-order valence-corrected chi connectivity index (χ3v) is 3.58. The first-order valence-electron chi connectivity index (χ1n) is 7.01. The number of nitrogens with zero attached hydrogens (tertiary/aromatic N) is 1. The third-order valence-electron chi connectivity index (χ3n) is 3.58. The predicted molar refractivity (Wildman–Crippen MR) is 75.3 cm³/mol. The molecule has 1 atom stereocenters. The normalized spacial score (nSPS) is 20.7. The maximum Gasteiger partial charge on any atom is 0.224 e. The number of likely N-dealkylation sites (tertiary alicyclic amines) is 1. The van der Waals surface area contributed by atoms with Gasteiger partial charge in [-0.15, -0.1) is 0 Å². The average molecular weight is 255 g/mol. The molecule has 0 aromatic heterocycles. The molecule has 18 heavy (non-hydrogen) atoms. The molecular formula is C14H29N3O. The van der Waals surface area contributed by atoms with Crippen LogP contribution in [0.4, 0.5) is 0 Å². The van der Waals surface area contributed by atoms with Crippen LogP contribution in [0.5, 0.6) is 0 Å². The summed E-state index contributed by atoms with van der Waals surface area (Å²) in [4.78, 5) is 14.5. The Morgan fingerprint density at radius 3 is 2.39 bits per heavy atom. The highest BCUT2D eigenvalue weighted by Crippen LogP contribution is 2.24. The van der Waals surface area contributed by atoms with E-state index < -0.39 is 0 Å². The van der Waals surface area contributed by atoms with Crippen LogP contribution in [0.15, 0.2) is 0 Å². The Morgan fingerprint density at radius 2 is 1.94 bits per heavy atom. The fourth-order valence-electron chi connectivity index (χ4n) is 2.49. The molecule has 106 valence electrons. The Morgan fingerprint density at radius 1 is 1.39 bits per heavy atom. The van der Waals surface area contributed by atoms with Crippen molar-refractivity contribution in [1.29, 1.82) is 0 Å². The summed E-state index contributed by atoms with van der Waals surface area (Å²) in [7, 11) is 2.13. The van der Waals surface area contributed by atoms with Crippen molar-refractivity contribution in [3.05, 3.63) is 0 Å². The lowest BCUT2D eigenvalue weighted by atomic mass is 9.84. The minimum absolute atomic E-state index is 0.0512. The number of rotatable bonds is 4. The first-order valence-corrected chi connectivity index (χ1v) is 7.01. The van der Waals surface area contributed by atoms with Crippen LogP contribution in [-0.4, -0.2) is 43.5 Å². The van der Waals surface area contributed by atoms with Crippen LogP contribution in [0.1, 0.15) is 40.0 Å². The molecule has 1 fully saturated rings. The summed E-state index contributed by atoms with van der Waals surface area (Å²) in [6, 6.07) is 0.336. The number of nitrogens with two attached hydrogens (primary N) is 1. The molecule has 4 nitrogen and oxygen atoms in total. The molecule has 1 unspecified atom stereocenters. The number of piperidine rings is 1. The molecule has 0 aliphatic carbocycles. The van der Waals surface area contributed by atoms with E-state index in [0.717, 1.165) is 32.4 Å². The van der Waals surface area contributed by atoms with Gasteiger partial charge >= 0.3 is 0 Å². The summed E-state index contributed by atoms with van der Waals surface area (Å²) in [6.07, 6.45) is 2.95. The molecule has 0 bridgehead atoms. The zero-order valence-electron chi connectivity index (χ0n) is 12.3. The summed E-state index contributed by atoms with van der Waals surface area (Å²) < 4.78 is 0. The molecule has 0 radical (unpaired) electrons. The third kappa shape index (κ3) is 5.36. The van der Waals surface area contributed by atoms with E-state index in [1.165, 1.54) is 0 Å². The Kier molecular flexibility index (Phi) is 5.60. The van der Waals surface area contributed by atoms with Gasteiger partial charge in [0, 0.05) is 12.6 Å². The second-order valence-electron chi connectivity index (χ2n) is 6.78. The van der Waals surface area contributed by atoms with Crippen LogP contribution in [0, 0.1) is 11.3 Å². The van der Waals surface area contributed by atoms with Gasteiger partial charge in [-0.3, -0.25) is 4.79 Å². The van der Waals surface area contributed by atoms with Gasteiger partial charge in [0.2, 0.25) is 5.91 Å². The monoisotopic (exact) mass is 255 g/mol. The van der Waals surface area contributed by atoms with Gasteiger partial charge in [-0.2, -0.15) is 0 Å². The van der Waals surface area contributed by atoms with E-state index in [0.29, 0.717) is 12.6 Å². The molecule has 1 aliphatic heterocycles. The Labute approximate surface area is 111 Å². The van der Waals surface area contributed by atoms with Gasteiger partial charge < -0.3 is 16.0 Å². The van der Waals surface area contributed by atoms with Crippen molar-refractivity contribution in [3.63, 3.8) is 0 Å². The van der Waals surface area contributed by atoms with Gasteiger partial charge in [0.25, 0.3) is 0 Å². The van der Waals surface area contributed by atoms with Crippen molar-refractivity contribution in [1.82, 2.24) is 10.2 Å². The second kappa shape index (κ2) is 6.53. The summed E-state index contributed by atoms with van der Waals surface area (Å²) in [5.41, 5.74) is 5.89. The van der Waals surface area contributed by atoms with Gasteiger partial charge in [-0.25, -0.2) is 0 Å². The van der Waals surface area contributed by atoms with Gasteiger partial charge in [0.05, 0.1) is 5.92 Å². The van der Waals surface area contributed by atoms with Gasteiger partial charge in [0.15, 0.2) is 0 Å². The highest BCUT2D eigenvalue weighted by atomic mass is 16.1. The Bertz CT molecular complexity index is 265. The van der Waals surface area contributed by atoms with Crippen molar-refractivity contribution in [2.45, 2.75) is 46.1 Å². The first kappa shape index (κ1) is 15.4.